The van der Waals surface area contributed by atoms with Gasteiger partial charge in [0.2, 0.25) is 11.9 Å². The second-order valence-electron chi connectivity index (χ2n) is 7.29. The second-order valence-corrected chi connectivity index (χ2v) is 8.59. The Kier molecular flexibility index (Phi) is 7.56. The van der Waals surface area contributed by atoms with Crippen molar-refractivity contribution >= 4 is 23.6 Å². The number of thioether (sulfide) groups is 1. The van der Waals surface area contributed by atoms with Crippen LogP contribution < -0.4 is 10.2 Å². The summed E-state index contributed by atoms with van der Waals surface area (Å²) in [6.45, 7) is 15.1. The normalized spacial score (nSPS) is 16.5. The second kappa shape index (κ2) is 9.43. The van der Waals surface area contributed by atoms with Gasteiger partial charge in [-0.2, -0.15) is 0 Å². The quantitative estimate of drug-likeness (QED) is 0.707. The fourth-order valence-corrected chi connectivity index (χ4v) is 3.43. The average Bonchev–Trinajstić information content (AvgIpc) is 2.95. The first-order chi connectivity index (χ1) is 11.9. The minimum Gasteiger partial charge on any atom is -0.378 e. The Morgan fingerprint density at radius 1 is 1.16 bits per heavy atom. The smallest absolute Gasteiger partial charge is 0.233 e. The number of ether oxygens (including phenoxy) is 1. The van der Waals surface area contributed by atoms with Crippen LogP contribution in [0.1, 0.15) is 34.6 Å². The Hall–Kier alpha value is -1.28. The van der Waals surface area contributed by atoms with Gasteiger partial charge in [-0.1, -0.05) is 39.5 Å². The highest BCUT2D eigenvalue weighted by Crippen LogP contribution is 2.27. The van der Waals surface area contributed by atoms with Crippen molar-refractivity contribution in [1.82, 2.24) is 20.1 Å². The molecule has 8 heteroatoms. The van der Waals surface area contributed by atoms with Crippen molar-refractivity contribution in [2.45, 2.75) is 51.6 Å². The Morgan fingerprint density at radius 3 is 2.44 bits per heavy atom. The summed E-state index contributed by atoms with van der Waals surface area (Å²) in [7, 11) is 0. The summed E-state index contributed by atoms with van der Waals surface area (Å²) < 4.78 is 7.58. The molecule has 25 heavy (non-hydrogen) atoms. The Labute approximate surface area is 154 Å². The van der Waals surface area contributed by atoms with E-state index in [0.717, 1.165) is 30.7 Å². The molecule has 0 spiro atoms. The maximum atomic E-state index is 12.3. The zero-order valence-electron chi connectivity index (χ0n) is 16.0. The number of anilines is 1. The molecule has 1 aromatic heterocycles. The number of carbonyl (C=O) groups is 1. The number of aromatic nitrogens is 3. The van der Waals surface area contributed by atoms with E-state index < -0.39 is 0 Å². The van der Waals surface area contributed by atoms with Crippen LogP contribution in [0.25, 0.3) is 0 Å². The fraction of sp³-hybridized carbons (Fsp3) is 0.824. The molecule has 1 N–H and O–H groups in total. The maximum absolute atomic E-state index is 12.3. The van der Waals surface area contributed by atoms with Gasteiger partial charge in [0, 0.05) is 26.2 Å². The van der Waals surface area contributed by atoms with Crippen LogP contribution >= 0.6 is 11.8 Å². The van der Waals surface area contributed by atoms with Crippen molar-refractivity contribution in [3.05, 3.63) is 0 Å². The third-order valence-corrected chi connectivity index (χ3v) is 4.96. The van der Waals surface area contributed by atoms with Gasteiger partial charge < -0.3 is 15.0 Å². The molecule has 0 aromatic carbocycles. The van der Waals surface area contributed by atoms with Gasteiger partial charge >= 0.3 is 0 Å². The van der Waals surface area contributed by atoms with Gasteiger partial charge in [-0.25, -0.2) is 0 Å². The number of hydrogen-bond donors (Lipinski definition) is 1. The van der Waals surface area contributed by atoms with Gasteiger partial charge in [-0.15, -0.1) is 10.2 Å². The van der Waals surface area contributed by atoms with Crippen LogP contribution in [0.2, 0.25) is 0 Å². The summed E-state index contributed by atoms with van der Waals surface area (Å²) in [6.07, 6.45) is 0. The first-order valence-corrected chi connectivity index (χ1v) is 9.96. The summed E-state index contributed by atoms with van der Waals surface area (Å²) in [5.41, 5.74) is 0. The largest absolute Gasteiger partial charge is 0.378 e. The lowest BCUT2D eigenvalue weighted by Gasteiger charge is -2.28. The topological polar surface area (TPSA) is 72.3 Å². The summed E-state index contributed by atoms with van der Waals surface area (Å²) in [5, 5.41) is 12.4. The lowest BCUT2D eigenvalue weighted by Crippen LogP contribution is -2.38. The SMILES string of the molecule is CC(C)CNC(=O)[C@H](C)Sc1nnc(N2CCOCC2)n1CC(C)C. The van der Waals surface area contributed by atoms with Gasteiger partial charge in [0.15, 0.2) is 5.16 Å². The monoisotopic (exact) mass is 369 g/mol. The molecule has 142 valence electrons. The van der Waals surface area contributed by atoms with Crippen LogP contribution in [0.15, 0.2) is 5.16 Å². The van der Waals surface area contributed by atoms with Crippen molar-refractivity contribution in [3.63, 3.8) is 0 Å². The molecule has 1 saturated heterocycles. The molecular formula is C17H31N5O2S. The predicted molar refractivity (Wildman–Crippen MR) is 101 cm³/mol. The molecule has 7 nitrogen and oxygen atoms in total. The van der Waals surface area contributed by atoms with Crippen molar-refractivity contribution in [2.75, 3.05) is 37.7 Å². The number of carbonyl (C=O) groups excluding carboxylic acids is 1. The molecule has 0 saturated carbocycles. The predicted octanol–water partition coefficient (Wildman–Crippen LogP) is 2.02. The van der Waals surface area contributed by atoms with E-state index in [0.29, 0.717) is 31.6 Å². The Bertz CT molecular complexity index is 555. The highest BCUT2D eigenvalue weighted by molar-refractivity contribution is 8.00. The van der Waals surface area contributed by atoms with Crippen LogP contribution in [0.4, 0.5) is 5.95 Å². The van der Waals surface area contributed by atoms with Crippen molar-refractivity contribution in [2.24, 2.45) is 11.8 Å². The van der Waals surface area contributed by atoms with Gasteiger partial charge in [0.1, 0.15) is 0 Å². The molecule has 0 radical (unpaired) electrons. The standard InChI is InChI=1S/C17H31N5O2S/c1-12(2)10-18-15(23)14(5)25-17-20-19-16(22(17)11-13(3)4)21-6-8-24-9-7-21/h12-14H,6-11H2,1-5H3,(H,18,23)/t14-/m0/s1. The summed E-state index contributed by atoms with van der Waals surface area (Å²) in [6, 6.07) is 0. The lowest BCUT2D eigenvalue weighted by atomic mass is 10.2. The minimum atomic E-state index is -0.202. The van der Waals surface area contributed by atoms with Crippen molar-refractivity contribution < 1.29 is 9.53 Å². The molecule has 2 rings (SSSR count). The molecule has 0 aliphatic carbocycles. The van der Waals surface area contributed by atoms with E-state index in [-0.39, 0.29) is 11.2 Å². The molecule has 1 atom stereocenters. The number of rotatable bonds is 8. The molecular weight excluding hydrogens is 338 g/mol. The van der Waals surface area contributed by atoms with Crippen LogP contribution in [0.3, 0.4) is 0 Å². The van der Waals surface area contributed by atoms with E-state index in [1.165, 1.54) is 11.8 Å². The summed E-state index contributed by atoms with van der Waals surface area (Å²) >= 11 is 1.48. The molecule has 1 aliphatic rings. The van der Waals surface area contributed by atoms with Gasteiger partial charge in [-0.05, 0) is 18.8 Å². The third-order valence-electron chi connectivity index (χ3n) is 3.87. The number of amides is 1. The van der Waals surface area contributed by atoms with E-state index in [9.17, 15) is 4.79 Å². The number of nitrogens with zero attached hydrogens (tertiary/aromatic N) is 4. The molecule has 1 aromatic rings. The molecule has 0 bridgehead atoms. The zero-order chi connectivity index (χ0) is 18.4. The number of morpholine rings is 1. The van der Waals surface area contributed by atoms with E-state index >= 15 is 0 Å². The molecule has 1 amide bonds. The number of hydrogen-bond acceptors (Lipinski definition) is 6. The molecule has 2 heterocycles. The van der Waals surface area contributed by atoms with Gasteiger partial charge in [0.05, 0.1) is 18.5 Å². The van der Waals surface area contributed by atoms with E-state index in [1.807, 2.05) is 6.92 Å². The molecule has 1 aliphatic heterocycles. The lowest BCUT2D eigenvalue weighted by molar-refractivity contribution is -0.120. The average molecular weight is 370 g/mol. The van der Waals surface area contributed by atoms with Crippen molar-refractivity contribution in [3.8, 4) is 0 Å². The van der Waals surface area contributed by atoms with Crippen molar-refractivity contribution in [1.29, 1.82) is 0 Å². The van der Waals surface area contributed by atoms with Crippen LogP contribution in [-0.4, -0.2) is 58.8 Å². The zero-order valence-corrected chi connectivity index (χ0v) is 16.8. The highest BCUT2D eigenvalue weighted by atomic mass is 32.2. The van der Waals surface area contributed by atoms with Crippen LogP contribution in [-0.2, 0) is 16.1 Å². The van der Waals surface area contributed by atoms with E-state index in [4.69, 9.17) is 4.74 Å². The third kappa shape index (κ3) is 5.88. The minimum absolute atomic E-state index is 0.0470. The van der Waals surface area contributed by atoms with Crippen LogP contribution in [0.5, 0.6) is 0 Å². The summed E-state index contributed by atoms with van der Waals surface area (Å²) in [5.74, 6) is 1.85. The fourth-order valence-electron chi connectivity index (χ4n) is 2.55. The van der Waals surface area contributed by atoms with Gasteiger partial charge in [0.25, 0.3) is 0 Å². The first kappa shape index (κ1) is 20.0. The molecule has 0 unspecified atom stereocenters. The highest BCUT2D eigenvalue weighted by Gasteiger charge is 2.24. The summed E-state index contributed by atoms with van der Waals surface area (Å²) in [4.78, 5) is 14.5. The van der Waals surface area contributed by atoms with E-state index in [1.54, 1.807) is 0 Å². The van der Waals surface area contributed by atoms with Crippen LogP contribution in [0, 0.1) is 11.8 Å². The Balaban J connectivity index is 2.10. The first-order valence-electron chi connectivity index (χ1n) is 9.08. The van der Waals surface area contributed by atoms with Gasteiger partial charge in [-0.3, -0.25) is 9.36 Å². The molecule has 1 fully saturated rings. The maximum Gasteiger partial charge on any atom is 0.233 e. The number of nitrogens with one attached hydrogen (secondary N) is 1. The Morgan fingerprint density at radius 2 is 1.84 bits per heavy atom. The van der Waals surface area contributed by atoms with E-state index in [2.05, 4.69) is 52.7 Å².